The maximum absolute atomic E-state index is 10.1. The first-order valence-corrected chi connectivity index (χ1v) is 24.3. The van der Waals surface area contributed by atoms with Gasteiger partial charge in [-0.05, 0) is 38.5 Å². The Hall–Kier alpha value is -1.75. The number of rotatable bonds is 38. The van der Waals surface area contributed by atoms with Crippen molar-refractivity contribution in [2.75, 3.05) is 61.9 Å². The molecule has 0 radical (unpaired) electrons. The standard InChI is InChI=1S/3C14H31N.C6H8O7/c3*1-4-5-6-7-8-9-10-11-12-13-14-15(2)3;7-3(8)1-6(13,5(11)12)2-4(9)10/h3*4-14H2,1-3H3;13H,1-2H2,(H,7,8)(H,9,10)(H,11,12). The Kier molecular flexibility index (Phi) is 53.8. The van der Waals surface area contributed by atoms with Crippen LogP contribution in [-0.2, 0) is 14.4 Å². The van der Waals surface area contributed by atoms with Crippen LogP contribution in [0.2, 0.25) is 0 Å². The van der Waals surface area contributed by atoms with E-state index in [0.717, 1.165) is 0 Å². The van der Waals surface area contributed by atoms with Crippen LogP contribution in [0.1, 0.15) is 226 Å². The Balaban J connectivity index is -0.000000336. The topological polar surface area (TPSA) is 154 Å². The van der Waals surface area contributed by atoms with Crippen LogP contribution in [0.3, 0.4) is 0 Å². The number of hydrogen-bond donors (Lipinski definition) is 4. The van der Waals surface area contributed by atoms with Crippen molar-refractivity contribution in [2.45, 2.75) is 232 Å². The van der Waals surface area contributed by atoms with E-state index in [9.17, 15) is 29.7 Å². The van der Waals surface area contributed by atoms with Gasteiger partial charge in [-0.3, -0.25) is 0 Å². The van der Waals surface area contributed by atoms with Gasteiger partial charge >= 0.3 is 0 Å². The molecule has 4 N–H and O–H groups in total. The van der Waals surface area contributed by atoms with Crippen molar-refractivity contribution in [1.82, 2.24) is 0 Å². The number of quaternary nitrogens is 3. The molecular weight excluding hydrogens is 731 g/mol. The Morgan fingerprint density at radius 3 is 0.672 bits per heavy atom. The van der Waals surface area contributed by atoms with Gasteiger partial charge in [-0.1, -0.05) is 175 Å². The van der Waals surface area contributed by atoms with Gasteiger partial charge < -0.3 is 49.5 Å². The molecule has 0 unspecified atom stereocenters. The van der Waals surface area contributed by atoms with E-state index in [1.165, 1.54) is 212 Å². The highest BCUT2D eigenvalue weighted by atomic mass is 16.4. The van der Waals surface area contributed by atoms with Crippen LogP contribution < -0.4 is 30.0 Å². The summed E-state index contributed by atoms with van der Waals surface area (Å²) in [5.74, 6) is -5.98. The van der Waals surface area contributed by atoms with E-state index in [1.807, 2.05) is 0 Å². The molecule has 0 aromatic carbocycles. The summed E-state index contributed by atoms with van der Waals surface area (Å²) >= 11 is 0. The number of carboxylic acids is 3. The van der Waals surface area contributed by atoms with Gasteiger partial charge in [0.15, 0.2) is 0 Å². The Morgan fingerprint density at radius 2 is 0.534 bits per heavy atom. The molecule has 0 fully saturated rings. The highest BCUT2D eigenvalue weighted by molar-refractivity contribution is 5.86. The summed E-state index contributed by atoms with van der Waals surface area (Å²) in [6, 6.07) is 0. The summed E-state index contributed by atoms with van der Waals surface area (Å²) < 4.78 is 0. The van der Waals surface area contributed by atoms with E-state index < -0.39 is 36.4 Å². The second-order valence-corrected chi connectivity index (χ2v) is 17.8. The van der Waals surface area contributed by atoms with Gasteiger partial charge in [0.2, 0.25) is 0 Å². The largest absolute Gasteiger partial charge is 0.550 e. The average molecular weight is 832 g/mol. The third kappa shape index (κ3) is 60.9. The Bertz CT molecular complexity index is 773. The van der Waals surface area contributed by atoms with E-state index in [-0.39, 0.29) is 0 Å². The molecule has 0 amide bonds. The highest BCUT2D eigenvalue weighted by Crippen LogP contribution is 2.14. The summed E-state index contributed by atoms with van der Waals surface area (Å²) in [7, 11) is 13.5. The van der Waals surface area contributed by atoms with Gasteiger partial charge in [0.25, 0.3) is 0 Å². The fourth-order valence-corrected chi connectivity index (χ4v) is 6.58. The van der Waals surface area contributed by atoms with Crippen LogP contribution in [-0.4, -0.2) is 90.5 Å². The predicted molar refractivity (Wildman–Crippen MR) is 238 cm³/mol. The molecule has 0 aliphatic rings. The molecule has 58 heavy (non-hydrogen) atoms. The average Bonchev–Trinajstić information content (AvgIpc) is 3.13. The van der Waals surface area contributed by atoms with E-state index >= 15 is 0 Å². The molecule has 0 aromatic heterocycles. The Morgan fingerprint density at radius 1 is 0.362 bits per heavy atom. The molecule has 0 aromatic rings. The zero-order chi connectivity index (χ0) is 44.7. The lowest BCUT2D eigenvalue weighted by Gasteiger charge is -2.29. The lowest BCUT2D eigenvalue weighted by atomic mass is 9.96. The minimum atomic E-state index is -2.97. The minimum absolute atomic E-state index is 1.34. The van der Waals surface area contributed by atoms with E-state index in [4.69, 9.17) is 5.11 Å². The van der Waals surface area contributed by atoms with Crippen LogP contribution in [0.15, 0.2) is 0 Å². The van der Waals surface area contributed by atoms with Gasteiger partial charge in [0.05, 0.1) is 67.9 Å². The van der Waals surface area contributed by atoms with Crippen LogP contribution in [0.25, 0.3) is 0 Å². The maximum Gasteiger partial charge on any atom is 0.114 e. The highest BCUT2D eigenvalue weighted by Gasteiger charge is 2.29. The Labute approximate surface area is 360 Å². The molecule has 0 bridgehead atoms. The lowest BCUT2D eigenvalue weighted by Crippen LogP contribution is -3.05. The monoisotopic (exact) mass is 832 g/mol. The van der Waals surface area contributed by atoms with Crippen LogP contribution in [0.4, 0.5) is 0 Å². The first-order chi connectivity index (χ1) is 27.6. The fourth-order valence-electron chi connectivity index (χ4n) is 6.58. The van der Waals surface area contributed by atoms with Gasteiger partial charge in [0, 0.05) is 24.8 Å². The summed E-state index contributed by atoms with van der Waals surface area (Å²) in [6.07, 6.45) is 40.7. The molecule has 0 aliphatic heterocycles. The number of carboxylic acid groups (broad SMARTS) is 3. The first-order valence-electron chi connectivity index (χ1n) is 24.3. The van der Waals surface area contributed by atoms with Gasteiger partial charge in [-0.15, -0.1) is 0 Å². The van der Waals surface area contributed by atoms with Crippen LogP contribution in [0, 0.1) is 0 Å². The smallest absolute Gasteiger partial charge is 0.114 e. The second-order valence-electron chi connectivity index (χ2n) is 17.8. The van der Waals surface area contributed by atoms with Crippen molar-refractivity contribution in [3.63, 3.8) is 0 Å². The van der Waals surface area contributed by atoms with E-state index in [2.05, 4.69) is 63.1 Å². The number of carbonyl (C=O) groups excluding carboxylic acids is 3. The number of aliphatic hydroxyl groups is 1. The molecule has 0 saturated heterocycles. The summed E-state index contributed by atoms with van der Waals surface area (Å²) in [5, 5.41) is 38.9. The maximum atomic E-state index is 10.1. The molecule has 10 nitrogen and oxygen atoms in total. The van der Waals surface area contributed by atoms with Gasteiger partial charge in [0.1, 0.15) is 5.60 Å². The number of aliphatic carboxylic acids is 3. The third-order valence-electron chi connectivity index (χ3n) is 10.3. The number of carbonyl (C=O) groups is 3. The number of hydrogen-bond acceptors (Lipinski definition) is 7. The predicted octanol–water partition coefficient (Wildman–Crippen LogP) is 3.90. The van der Waals surface area contributed by atoms with Crippen molar-refractivity contribution in [1.29, 1.82) is 0 Å². The van der Waals surface area contributed by atoms with Crippen LogP contribution in [0.5, 0.6) is 0 Å². The fraction of sp³-hybridized carbons (Fsp3) is 0.938. The molecule has 0 rings (SSSR count). The van der Waals surface area contributed by atoms with Gasteiger partial charge in [-0.2, -0.15) is 0 Å². The summed E-state index contributed by atoms with van der Waals surface area (Å²) in [4.78, 5) is 34.8. The normalized spacial score (nSPS) is 11.1. The minimum Gasteiger partial charge on any atom is -0.550 e. The molecule has 0 atom stereocenters. The molecular formula is C48H101N3O7. The second kappa shape index (κ2) is 49.6. The first kappa shape index (κ1) is 62.9. The van der Waals surface area contributed by atoms with Crippen LogP contribution >= 0.6 is 0 Å². The van der Waals surface area contributed by atoms with E-state index in [1.54, 1.807) is 14.7 Å². The number of nitrogens with one attached hydrogen (secondary N) is 3. The molecule has 0 heterocycles. The van der Waals surface area contributed by atoms with Crippen molar-refractivity contribution in [3.05, 3.63) is 0 Å². The molecule has 350 valence electrons. The quantitative estimate of drug-likeness (QED) is 0.0689. The molecule has 0 aliphatic carbocycles. The van der Waals surface area contributed by atoms with Crippen molar-refractivity contribution in [3.8, 4) is 0 Å². The molecule has 0 saturated carbocycles. The summed E-state index contributed by atoms with van der Waals surface area (Å²) in [5.41, 5.74) is -2.97. The van der Waals surface area contributed by atoms with Gasteiger partial charge in [-0.25, -0.2) is 0 Å². The lowest BCUT2D eigenvalue weighted by molar-refractivity contribution is -0.858. The SMILES string of the molecule is CCCCCCCCCCCC[NH+](C)C.CCCCCCCCCCCC[NH+](C)C.CCCCCCCCCCCC[NH+](C)C.O=C([O-])CC(O)(CC(=O)[O-])C(=O)[O-]. The zero-order valence-electron chi connectivity index (χ0n) is 40.1. The van der Waals surface area contributed by atoms with Crippen molar-refractivity contribution < 1.29 is 49.5 Å². The molecule has 10 heteroatoms. The zero-order valence-corrected chi connectivity index (χ0v) is 40.1. The number of unbranched alkanes of at least 4 members (excludes halogenated alkanes) is 27. The van der Waals surface area contributed by atoms with E-state index in [0.29, 0.717) is 0 Å². The molecule has 0 spiro atoms. The van der Waals surface area contributed by atoms with Crippen molar-refractivity contribution in [2.24, 2.45) is 0 Å². The van der Waals surface area contributed by atoms with Crippen molar-refractivity contribution >= 4 is 17.9 Å². The third-order valence-corrected chi connectivity index (χ3v) is 10.3. The summed E-state index contributed by atoms with van der Waals surface area (Å²) in [6.45, 7) is 10.9.